The monoisotopic (exact) mass is 522 g/mol. The minimum absolute atomic E-state index is 0.252. The zero-order valence-corrected chi connectivity index (χ0v) is 18.9. The summed E-state index contributed by atoms with van der Waals surface area (Å²) in [5.41, 5.74) is 0. The van der Waals surface area contributed by atoms with Crippen LogP contribution in [0.2, 0.25) is 0 Å². The molecule has 0 rings (SSSR count). The molecular formula is C18H34O17. The van der Waals surface area contributed by atoms with E-state index >= 15 is 0 Å². The van der Waals surface area contributed by atoms with E-state index in [2.05, 4.69) is 9.47 Å². The average Bonchev–Trinajstić information content (AvgIpc) is 2.84. The van der Waals surface area contributed by atoms with Crippen LogP contribution in [0.5, 0.6) is 0 Å². The summed E-state index contributed by atoms with van der Waals surface area (Å²) in [5, 5.41) is 59.8. The maximum absolute atomic E-state index is 11.3. The molecule has 1 atom stereocenters. The fraction of sp³-hybridized carbons (Fsp3) is 0.833. The van der Waals surface area contributed by atoms with Crippen LogP contribution in [-0.4, -0.2) is 152 Å². The summed E-state index contributed by atoms with van der Waals surface area (Å²) in [6, 6.07) is 0. The van der Waals surface area contributed by atoms with E-state index in [0.717, 1.165) is 0 Å². The van der Waals surface area contributed by atoms with Crippen molar-refractivity contribution < 1.29 is 83.3 Å². The SMILES string of the molecule is O=C(O)COCOC(CO)CO.O=C(O)COCOC(CO)COC(=O)COCOC(CO)CO. The number of ether oxygens (including phenoxy) is 7. The summed E-state index contributed by atoms with van der Waals surface area (Å²) in [6.07, 6.45) is -2.36. The van der Waals surface area contributed by atoms with Crippen LogP contribution in [0.1, 0.15) is 0 Å². The van der Waals surface area contributed by atoms with Crippen molar-refractivity contribution in [2.75, 3.05) is 79.8 Å². The Kier molecular flexibility index (Phi) is 25.2. The third-order valence-corrected chi connectivity index (χ3v) is 3.28. The van der Waals surface area contributed by atoms with Gasteiger partial charge in [0.2, 0.25) is 0 Å². The van der Waals surface area contributed by atoms with Crippen LogP contribution in [0.4, 0.5) is 0 Å². The first-order chi connectivity index (χ1) is 16.7. The first kappa shape index (κ1) is 35.1. The lowest BCUT2D eigenvalue weighted by Gasteiger charge is -2.15. The highest BCUT2D eigenvalue weighted by molar-refractivity contribution is 5.70. The smallest absolute Gasteiger partial charge is 0.332 e. The van der Waals surface area contributed by atoms with Crippen molar-refractivity contribution in [3.8, 4) is 0 Å². The van der Waals surface area contributed by atoms with Crippen molar-refractivity contribution >= 4 is 17.9 Å². The molecule has 0 aromatic heterocycles. The Labute approximate surface area is 200 Å². The molecule has 0 aliphatic rings. The molecule has 0 radical (unpaired) electrons. The van der Waals surface area contributed by atoms with Crippen molar-refractivity contribution in [2.24, 2.45) is 0 Å². The highest BCUT2D eigenvalue weighted by atomic mass is 16.7. The zero-order chi connectivity index (χ0) is 26.9. The molecule has 0 saturated heterocycles. The van der Waals surface area contributed by atoms with Gasteiger partial charge in [-0.3, -0.25) is 0 Å². The van der Waals surface area contributed by atoms with E-state index in [0.29, 0.717) is 0 Å². The van der Waals surface area contributed by atoms with Gasteiger partial charge >= 0.3 is 17.9 Å². The van der Waals surface area contributed by atoms with Gasteiger partial charge in [-0.25, -0.2) is 14.4 Å². The summed E-state index contributed by atoms with van der Waals surface area (Å²) < 4.78 is 33.2. The first-order valence-corrected chi connectivity index (χ1v) is 9.95. The van der Waals surface area contributed by atoms with Gasteiger partial charge in [-0.2, -0.15) is 0 Å². The molecule has 17 nitrogen and oxygen atoms in total. The molecule has 0 spiro atoms. The van der Waals surface area contributed by atoms with Crippen LogP contribution in [-0.2, 0) is 47.5 Å². The van der Waals surface area contributed by atoms with E-state index < -0.39 is 62.6 Å². The second-order valence-corrected chi connectivity index (χ2v) is 6.15. The number of hydrogen-bond acceptors (Lipinski definition) is 15. The molecular weight excluding hydrogens is 488 g/mol. The number of rotatable bonds is 22. The lowest BCUT2D eigenvalue weighted by molar-refractivity contribution is -0.170. The van der Waals surface area contributed by atoms with Crippen LogP contribution < -0.4 is 0 Å². The Bertz CT molecular complexity index is 523. The predicted molar refractivity (Wildman–Crippen MR) is 109 cm³/mol. The number of carboxylic acid groups (broad SMARTS) is 2. The Morgan fingerprint density at radius 3 is 1.23 bits per heavy atom. The van der Waals surface area contributed by atoms with Crippen LogP contribution in [0.15, 0.2) is 0 Å². The Hall–Kier alpha value is -2.03. The minimum Gasteiger partial charge on any atom is -0.480 e. The number of aliphatic hydroxyl groups excluding tert-OH is 5. The highest BCUT2D eigenvalue weighted by Crippen LogP contribution is 1.96. The number of aliphatic hydroxyl groups is 5. The average molecular weight is 522 g/mol. The molecule has 0 bridgehead atoms. The number of carbonyl (C=O) groups excluding carboxylic acids is 1. The van der Waals surface area contributed by atoms with Gasteiger partial charge < -0.3 is 68.9 Å². The summed E-state index contributed by atoms with van der Waals surface area (Å²) in [5.74, 6) is -3.00. The van der Waals surface area contributed by atoms with E-state index in [4.69, 9.17) is 59.4 Å². The largest absolute Gasteiger partial charge is 0.480 e. The number of carboxylic acids is 2. The summed E-state index contributed by atoms with van der Waals surface area (Å²) in [4.78, 5) is 31.4. The molecule has 208 valence electrons. The fourth-order valence-corrected chi connectivity index (χ4v) is 1.52. The molecule has 0 amide bonds. The molecule has 0 saturated carbocycles. The highest BCUT2D eigenvalue weighted by Gasteiger charge is 2.13. The lowest BCUT2D eigenvalue weighted by Crippen LogP contribution is -2.29. The number of carbonyl (C=O) groups is 3. The Morgan fingerprint density at radius 2 is 0.886 bits per heavy atom. The topological polar surface area (TPSA) is 257 Å². The van der Waals surface area contributed by atoms with Crippen LogP contribution in [0.25, 0.3) is 0 Å². The molecule has 1 unspecified atom stereocenters. The van der Waals surface area contributed by atoms with Gasteiger partial charge in [-0.15, -0.1) is 0 Å². The number of hydrogen-bond donors (Lipinski definition) is 7. The summed E-state index contributed by atoms with van der Waals surface area (Å²) in [7, 11) is 0. The predicted octanol–water partition coefficient (Wildman–Crippen LogP) is -4.28. The van der Waals surface area contributed by atoms with Crippen molar-refractivity contribution in [1.29, 1.82) is 0 Å². The van der Waals surface area contributed by atoms with Gasteiger partial charge in [0.05, 0.1) is 33.0 Å². The lowest BCUT2D eigenvalue weighted by atomic mass is 10.4. The standard InChI is InChI=1S/C12H22O11.C6H12O6/c13-1-9(2-14)22-8-20-6-12(18)21-4-10(3-15)23-7-19-5-11(16)17;7-1-5(2-8)12-4-11-3-6(9)10/h9-10,13-15H,1-8H2,(H,16,17);5,7-8H,1-4H2,(H,9,10). The number of esters is 1. The van der Waals surface area contributed by atoms with Gasteiger partial charge in [-0.05, 0) is 0 Å². The molecule has 0 aromatic rings. The molecule has 0 heterocycles. The number of aliphatic carboxylic acids is 2. The van der Waals surface area contributed by atoms with Gasteiger partial charge in [0.25, 0.3) is 0 Å². The van der Waals surface area contributed by atoms with Crippen molar-refractivity contribution in [2.45, 2.75) is 18.3 Å². The zero-order valence-electron chi connectivity index (χ0n) is 18.9. The summed E-state index contributed by atoms with van der Waals surface area (Å²) in [6.45, 7) is -4.53. The first-order valence-electron chi connectivity index (χ1n) is 9.95. The molecule has 0 aliphatic carbocycles. The Balaban J connectivity index is 0. The van der Waals surface area contributed by atoms with Gasteiger partial charge in [0, 0.05) is 0 Å². The van der Waals surface area contributed by atoms with E-state index in [-0.39, 0.29) is 53.4 Å². The van der Waals surface area contributed by atoms with E-state index in [9.17, 15) is 14.4 Å². The van der Waals surface area contributed by atoms with Crippen LogP contribution in [0.3, 0.4) is 0 Å². The van der Waals surface area contributed by atoms with Crippen molar-refractivity contribution in [3.05, 3.63) is 0 Å². The Morgan fingerprint density at radius 1 is 0.543 bits per heavy atom. The second kappa shape index (κ2) is 25.1. The fourth-order valence-electron chi connectivity index (χ4n) is 1.52. The molecule has 0 aromatic carbocycles. The molecule has 0 aliphatic heterocycles. The minimum atomic E-state index is -1.16. The van der Waals surface area contributed by atoms with E-state index in [1.807, 2.05) is 0 Å². The van der Waals surface area contributed by atoms with Gasteiger partial charge in [-0.1, -0.05) is 0 Å². The molecule has 35 heavy (non-hydrogen) atoms. The maximum Gasteiger partial charge on any atom is 0.332 e. The van der Waals surface area contributed by atoms with Crippen molar-refractivity contribution in [3.63, 3.8) is 0 Å². The maximum atomic E-state index is 11.3. The quantitative estimate of drug-likeness (QED) is 0.0403. The normalized spacial score (nSPS) is 11.7. The third kappa shape index (κ3) is 24.9. The third-order valence-electron chi connectivity index (χ3n) is 3.28. The second-order valence-electron chi connectivity index (χ2n) is 6.15. The van der Waals surface area contributed by atoms with Gasteiger partial charge in [0.1, 0.15) is 65.1 Å². The van der Waals surface area contributed by atoms with Crippen LogP contribution in [0, 0.1) is 0 Å². The van der Waals surface area contributed by atoms with Crippen LogP contribution >= 0.6 is 0 Å². The summed E-state index contributed by atoms with van der Waals surface area (Å²) >= 11 is 0. The molecule has 0 fully saturated rings. The van der Waals surface area contributed by atoms with Gasteiger partial charge in [0.15, 0.2) is 0 Å². The van der Waals surface area contributed by atoms with E-state index in [1.54, 1.807) is 0 Å². The van der Waals surface area contributed by atoms with E-state index in [1.165, 1.54) is 0 Å². The molecule has 7 N–H and O–H groups in total. The molecule has 17 heteroatoms. The van der Waals surface area contributed by atoms with Crippen molar-refractivity contribution in [1.82, 2.24) is 0 Å².